The molecule has 0 amide bonds. The molecule has 1 unspecified atom stereocenters. The van der Waals surface area contributed by atoms with Crippen molar-refractivity contribution < 1.29 is 14.6 Å². The molecule has 0 saturated carbocycles. The Kier molecular flexibility index (Phi) is 15.9. The summed E-state index contributed by atoms with van der Waals surface area (Å²) in [5.41, 5.74) is 0. The van der Waals surface area contributed by atoms with E-state index in [0.29, 0.717) is 6.42 Å². The molecule has 3 nitrogen and oxygen atoms in total. The summed E-state index contributed by atoms with van der Waals surface area (Å²) in [5.74, 6) is -0.0891. The highest BCUT2D eigenvalue weighted by Gasteiger charge is 1.98. The summed E-state index contributed by atoms with van der Waals surface area (Å²) in [6.45, 7) is 1.86. The first-order chi connectivity index (χ1) is 10.7. The third-order valence-electron chi connectivity index (χ3n) is 3.89. The van der Waals surface area contributed by atoms with Crippen LogP contribution in [0.25, 0.3) is 0 Å². The van der Waals surface area contributed by atoms with E-state index >= 15 is 0 Å². The van der Waals surface area contributed by atoms with E-state index in [-0.39, 0.29) is 12.1 Å². The number of carbonyl (C=O) groups excluding carboxylic acids is 1. The van der Waals surface area contributed by atoms with E-state index in [2.05, 4.69) is 16.9 Å². The number of hydrogen-bond donors (Lipinski definition) is 1. The normalized spacial score (nSPS) is 12.7. The van der Waals surface area contributed by atoms with Gasteiger partial charge in [0.2, 0.25) is 0 Å². The van der Waals surface area contributed by atoms with Gasteiger partial charge in [0, 0.05) is 6.42 Å². The number of unbranched alkanes of at least 4 members (excludes halogenated alkanes) is 9. The summed E-state index contributed by atoms with van der Waals surface area (Å²) in [5, 5.41) is 9.15. The lowest BCUT2D eigenvalue weighted by atomic mass is 10.1. The molecule has 0 aliphatic heterocycles. The highest BCUT2D eigenvalue weighted by molar-refractivity contribution is 5.68. The largest absolute Gasteiger partial charge is 0.469 e. The summed E-state index contributed by atoms with van der Waals surface area (Å²) in [4.78, 5) is 10.9. The van der Waals surface area contributed by atoms with Crippen LogP contribution in [0.5, 0.6) is 0 Å². The van der Waals surface area contributed by atoms with Gasteiger partial charge in [0.05, 0.1) is 13.2 Å². The van der Waals surface area contributed by atoms with E-state index in [1.165, 1.54) is 58.5 Å². The number of ether oxygens (including phenoxy) is 1. The molecule has 0 rings (SSSR count). The van der Waals surface area contributed by atoms with Gasteiger partial charge in [-0.05, 0) is 45.4 Å². The van der Waals surface area contributed by atoms with Gasteiger partial charge in [-0.3, -0.25) is 4.79 Å². The van der Waals surface area contributed by atoms with Crippen LogP contribution in [0.4, 0.5) is 0 Å². The predicted octanol–water partition coefficient (Wildman–Crippen LogP) is 5.17. The molecule has 0 fully saturated rings. The lowest BCUT2D eigenvalue weighted by Crippen LogP contribution is -1.98. The number of rotatable bonds is 15. The minimum Gasteiger partial charge on any atom is -0.469 e. The molecule has 22 heavy (non-hydrogen) atoms. The van der Waals surface area contributed by atoms with Crippen LogP contribution in [0.15, 0.2) is 12.2 Å². The lowest BCUT2D eigenvalue weighted by molar-refractivity contribution is -0.140. The molecule has 0 bridgehead atoms. The van der Waals surface area contributed by atoms with Gasteiger partial charge >= 0.3 is 5.97 Å². The minimum atomic E-state index is -0.139. The second-order valence-electron chi connectivity index (χ2n) is 6.19. The molecular formula is C19H36O3. The summed E-state index contributed by atoms with van der Waals surface area (Å²) >= 11 is 0. The standard InChI is InChI=1S/C19H36O3/c1-18(20)16-14-12-10-8-6-4-3-5-7-9-11-13-15-17-19(21)22-2/h3-4,18,20H,5-17H2,1-2H3. The Balaban J connectivity index is 3.13. The third kappa shape index (κ3) is 17.2. The van der Waals surface area contributed by atoms with Gasteiger partial charge < -0.3 is 9.84 Å². The van der Waals surface area contributed by atoms with Gasteiger partial charge in [-0.1, -0.05) is 50.7 Å². The Morgan fingerprint density at radius 3 is 1.95 bits per heavy atom. The van der Waals surface area contributed by atoms with Crippen LogP contribution in [0.1, 0.15) is 90.4 Å². The number of allylic oxidation sites excluding steroid dienone is 2. The van der Waals surface area contributed by atoms with Crippen molar-refractivity contribution in [2.45, 2.75) is 96.5 Å². The van der Waals surface area contributed by atoms with Crippen molar-refractivity contribution in [3.8, 4) is 0 Å². The van der Waals surface area contributed by atoms with Crippen molar-refractivity contribution >= 4 is 5.97 Å². The number of methoxy groups -OCH3 is 1. The van der Waals surface area contributed by atoms with Crippen molar-refractivity contribution in [3.63, 3.8) is 0 Å². The summed E-state index contributed by atoms with van der Waals surface area (Å²) in [7, 11) is 1.45. The van der Waals surface area contributed by atoms with Gasteiger partial charge in [0.25, 0.3) is 0 Å². The fraction of sp³-hybridized carbons (Fsp3) is 0.842. The lowest BCUT2D eigenvalue weighted by Gasteiger charge is -2.02. The topological polar surface area (TPSA) is 46.5 Å². The second-order valence-corrected chi connectivity index (χ2v) is 6.19. The SMILES string of the molecule is COC(=O)CCCCCCCC=CCCCCCCC(C)O. The zero-order valence-electron chi connectivity index (χ0n) is 14.7. The third-order valence-corrected chi connectivity index (χ3v) is 3.89. The van der Waals surface area contributed by atoms with E-state index in [9.17, 15) is 4.79 Å². The number of aliphatic hydroxyl groups is 1. The molecule has 0 aromatic rings. The Morgan fingerprint density at radius 2 is 1.41 bits per heavy atom. The number of aliphatic hydroxyl groups excluding tert-OH is 1. The molecule has 0 saturated heterocycles. The van der Waals surface area contributed by atoms with Gasteiger partial charge in [-0.2, -0.15) is 0 Å². The molecular weight excluding hydrogens is 276 g/mol. The van der Waals surface area contributed by atoms with Crippen molar-refractivity contribution in [2.75, 3.05) is 7.11 Å². The van der Waals surface area contributed by atoms with Gasteiger partial charge in [-0.15, -0.1) is 0 Å². The van der Waals surface area contributed by atoms with Crippen LogP contribution in [-0.2, 0) is 9.53 Å². The molecule has 1 N–H and O–H groups in total. The zero-order valence-corrected chi connectivity index (χ0v) is 14.7. The van der Waals surface area contributed by atoms with E-state index in [0.717, 1.165) is 25.7 Å². The zero-order chi connectivity index (χ0) is 16.5. The Hall–Kier alpha value is -0.830. The maximum atomic E-state index is 10.9. The molecule has 0 radical (unpaired) electrons. The van der Waals surface area contributed by atoms with Crippen LogP contribution in [0.3, 0.4) is 0 Å². The van der Waals surface area contributed by atoms with Crippen LogP contribution >= 0.6 is 0 Å². The monoisotopic (exact) mass is 312 g/mol. The Bertz CT molecular complexity index is 272. The summed E-state index contributed by atoms with van der Waals surface area (Å²) in [6.07, 6.45) is 19.1. The van der Waals surface area contributed by atoms with Gasteiger partial charge in [-0.25, -0.2) is 0 Å². The maximum absolute atomic E-state index is 10.9. The number of carbonyl (C=O) groups is 1. The van der Waals surface area contributed by atoms with Crippen molar-refractivity contribution in [1.82, 2.24) is 0 Å². The minimum absolute atomic E-state index is 0.0891. The first-order valence-electron chi connectivity index (χ1n) is 9.06. The molecule has 0 aliphatic rings. The maximum Gasteiger partial charge on any atom is 0.305 e. The van der Waals surface area contributed by atoms with Crippen LogP contribution in [-0.4, -0.2) is 24.3 Å². The van der Waals surface area contributed by atoms with E-state index in [4.69, 9.17) is 5.11 Å². The first-order valence-corrected chi connectivity index (χ1v) is 9.06. The molecule has 3 heteroatoms. The second kappa shape index (κ2) is 16.5. The number of hydrogen-bond acceptors (Lipinski definition) is 3. The van der Waals surface area contributed by atoms with Gasteiger partial charge in [0.15, 0.2) is 0 Å². The Labute approximate surface area is 137 Å². The number of esters is 1. The average molecular weight is 312 g/mol. The quantitative estimate of drug-likeness (QED) is 0.258. The highest BCUT2D eigenvalue weighted by Crippen LogP contribution is 2.10. The van der Waals surface area contributed by atoms with E-state index < -0.39 is 0 Å². The Morgan fingerprint density at radius 1 is 0.909 bits per heavy atom. The van der Waals surface area contributed by atoms with Crippen LogP contribution in [0.2, 0.25) is 0 Å². The predicted molar refractivity (Wildman–Crippen MR) is 92.9 cm³/mol. The van der Waals surface area contributed by atoms with E-state index in [1.54, 1.807) is 0 Å². The summed E-state index contributed by atoms with van der Waals surface area (Å²) in [6, 6.07) is 0. The molecule has 0 aliphatic carbocycles. The molecule has 1 atom stereocenters. The first kappa shape index (κ1) is 21.2. The fourth-order valence-corrected chi connectivity index (χ4v) is 2.46. The fourth-order valence-electron chi connectivity index (χ4n) is 2.46. The molecule has 0 heterocycles. The molecule has 0 spiro atoms. The summed E-state index contributed by atoms with van der Waals surface area (Å²) < 4.78 is 4.61. The molecule has 0 aromatic carbocycles. The van der Waals surface area contributed by atoms with Crippen molar-refractivity contribution in [2.24, 2.45) is 0 Å². The van der Waals surface area contributed by atoms with Crippen molar-refractivity contribution in [1.29, 1.82) is 0 Å². The molecule has 0 aromatic heterocycles. The average Bonchev–Trinajstić information content (AvgIpc) is 2.50. The van der Waals surface area contributed by atoms with Crippen LogP contribution < -0.4 is 0 Å². The van der Waals surface area contributed by atoms with Gasteiger partial charge in [0.1, 0.15) is 0 Å². The van der Waals surface area contributed by atoms with E-state index in [1.807, 2.05) is 6.92 Å². The van der Waals surface area contributed by atoms with Crippen LogP contribution in [0, 0.1) is 0 Å². The highest BCUT2D eigenvalue weighted by atomic mass is 16.5. The smallest absolute Gasteiger partial charge is 0.305 e. The van der Waals surface area contributed by atoms with Crippen molar-refractivity contribution in [3.05, 3.63) is 12.2 Å². The molecule has 130 valence electrons.